The molecule has 0 bridgehead atoms. The van der Waals surface area contributed by atoms with Crippen LogP contribution < -0.4 is 10.6 Å². The molecule has 0 saturated carbocycles. The van der Waals surface area contributed by atoms with Gasteiger partial charge in [-0.1, -0.05) is 0 Å². The standard InChI is InChI=1S/C12H14N4O2S/c1-6-14-10(8-2-3-19-11(8)15-6)16-7-4-9(12(17)18)13-5-7/h2-3,7,9,13H,4-5H2,1H3,(H,17,18)(H,14,15,16)/t7-,9-/m0/s1. The number of fused-ring (bicyclic) bond motifs is 1. The van der Waals surface area contributed by atoms with Gasteiger partial charge in [0.15, 0.2) is 0 Å². The van der Waals surface area contributed by atoms with E-state index in [1.54, 1.807) is 11.3 Å². The molecule has 1 fully saturated rings. The maximum absolute atomic E-state index is 10.9. The van der Waals surface area contributed by atoms with Gasteiger partial charge in [0.2, 0.25) is 0 Å². The van der Waals surface area contributed by atoms with E-state index in [9.17, 15) is 4.79 Å². The molecule has 0 aromatic carbocycles. The van der Waals surface area contributed by atoms with Crippen LogP contribution in [0.5, 0.6) is 0 Å². The Morgan fingerprint density at radius 2 is 2.42 bits per heavy atom. The molecule has 1 saturated heterocycles. The van der Waals surface area contributed by atoms with E-state index in [0.717, 1.165) is 21.9 Å². The highest BCUT2D eigenvalue weighted by molar-refractivity contribution is 7.16. The number of carboxylic acid groups (broad SMARTS) is 1. The zero-order valence-electron chi connectivity index (χ0n) is 10.4. The van der Waals surface area contributed by atoms with E-state index in [1.165, 1.54) is 0 Å². The normalized spacial score (nSPS) is 22.8. The van der Waals surface area contributed by atoms with Crippen molar-refractivity contribution < 1.29 is 9.90 Å². The number of carbonyl (C=O) groups is 1. The van der Waals surface area contributed by atoms with E-state index in [0.29, 0.717) is 13.0 Å². The fourth-order valence-corrected chi connectivity index (χ4v) is 3.11. The van der Waals surface area contributed by atoms with Crippen LogP contribution in [-0.2, 0) is 4.79 Å². The van der Waals surface area contributed by atoms with Crippen LogP contribution in [0.25, 0.3) is 10.2 Å². The van der Waals surface area contributed by atoms with Crippen LogP contribution in [0.1, 0.15) is 12.2 Å². The van der Waals surface area contributed by atoms with E-state index in [-0.39, 0.29) is 6.04 Å². The van der Waals surface area contributed by atoms with Crippen LogP contribution in [0.2, 0.25) is 0 Å². The number of hydrogen-bond donors (Lipinski definition) is 3. The van der Waals surface area contributed by atoms with Crippen molar-refractivity contribution in [3.8, 4) is 0 Å². The average molecular weight is 278 g/mol. The van der Waals surface area contributed by atoms with Crippen molar-refractivity contribution in [2.75, 3.05) is 11.9 Å². The molecular weight excluding hydrogens is 264 g/mol. The second kappa shape index (κ2) is 4.75. The van der Waals surface area contributed by atoms with Crippen LogP contribution in [-0.4, -0.2) is 39.7 Å². The number of nitrogens with one attached hydrogen (secondary N) is 2. The molecule has 1 aliphatic rings. The average Bonchev–Trinajstić information content (AvgIpc) is 2.96. The lowest BCUT2D eigenvalue weighted by molar-refractivity contribution is -0.139. The van der Waals surface area contributed by atoms with Crippen molar-refractivity contribution >= 4 is 33.3 Å². The second-order valence-corrected chi connectivity index (χ2v) is 5.53. The first-order valence-electron chi connectivity index (χ1n) is 6.08. The summed E-state index contributed by atoms with van der Waals surface area (Å²) < 4.78 is 0. The summed E-state index contributed by atoms with van der Waals surface area (Å²) in [5.74, 6) is 0.712. The Balaban J connectivity index is 1.82. The largest absolute Gasteiger partial charge is 0.480 e. The summed E-state index contributed by atoms with van der Waals surface area (Å²) in [7, 11) is 0. The van der Waals surface area contributed by atoms with Gasteiger partial charge in [-0.15, -0.1) is 11.3 Å². The molecule has 0 radical (unpaired) electrons. The quantitative estimate of drug-likeness (QED) is 0.782. The van der Waals surface area contributed by atoms with Crippen LogP contribution in [0.3, 0.4) is 0 Å². The van der Waals surface area contributed by atoms with Gasteiger partial charge >= 0.3 is 5.97 Å². The van der Waals surface area contributed by atoms with Gasteiger partial charge < -0.3 is 15.7 Å². The molecule has 2 aromatic rings. The molecule has 0 amide bonds. The monoisotopic (exact) mass is 278 g/mol. The summed E-state index contributed by atoms with van der Waals surface area (Å²) in [4.78, 5) is 20.7. The highest BCUT2D eigenvalue weighted by Gasteiger charge is 2.29. The third kappa shape index (κ3) is 2.39. The number of aromatic nitrogens is 2. The smallest absolute Gasteiger partial charge is 0.320 e. The van der Waals surface area contributed by atoms with Crippen molar-refractivity contribution in [3.05, 3.63) is 17.3 Å². The predicted molar refractivity (Wildman–Crippen MR) is 73.6 cm³/mol. The number of thiophene rings is 1. The number of anilines is 1. The molecular formula is C12H14N4O2S. The minimum atomic E-state index is -0.802. The predicted octanol–water partition coefficient (Wildman–Crippen LogP) is 1.23. The van der Waals surface area contributed by atoms with Crippen LogP contribution in [0, 0.1) is 6.92 Å². The van der Waals surface area contributed by atoms with Gasteiger partial charge in [0.05, 0.1) is 5.39 Å². The van der Waals surface area contributed by atoms with E-state index < -0.39 is 12.0 Å². The van der Waals surface area contributed by atoms with Crippen LogP contribution >= 0.6 is 11.3 Å². The fourth-order valence-electron chi connectivity index (χ4n) is 2.30. The Hall–Kier alpha value is -1.73. The Bertz CT molecular complexity index is 627. The van der Waals surface area contributed by atoms with Gasteiger partial charge in [0.1, 0.15) is 22.5 Å². The summed E-state index contributed by atoms with van der Waals surface area (Å²) in [5.41, 5.74) is 0. The fraction of sp³-hybridized carbons (Fsp3) is 0.417. The Kier molecular flexibility index (Phi) is 3.08. The SMILES string of the molecule is Cc1nc(N[C@@H]2CN[C@H](C(=O)O)C2)c2ccsc2n1. The third-order valence-corrected chi connectivity index (χ3v) is 4.01. The zero-order chi connectivity index (χ0) is 13.4. The molecule has 1 aliphatic heterocycles. The Labute approximate surface area is 113 Å². The lowest BCUT2D eigenvalue weighted by Crippen LogP contribution is -2.30. The number of rotatable bonds is 3. The van der Waals surface area contributed by atoms with Crippen molar-refractivity contribution in [2.24, 2.45) is 0 Å². The van der Waals surface area contributed by atoms with Gasteiger partial charge in [0, 0.05) is 12.6 Å². The van der Waals surface area contributed by atoms with Gasteiger partial charge in [-0.25, -0.2) is 9.97 Å². The number of nitrogens with zero attached hydrogens (tertiary/aromatic N) is 2. The molecule has 0 unspecified atom stereocenters. The molecule has 0 spiro atoms. The van der Waals surface area contributed by atoms with E-state index >= 15 is 0 Å². The van der Waals surface area contributed by atoms with Crippen molar-refractivity contribution in [1.29, 1.82) is 0 Å². The minimum absolute atomic E-state index is 0.0819. The lowest BCUT2D eigenvalue weighted by Gasteiger charge is -2.13. The summed E-state index contributed by atoms with van der Waals surface area (Å²) in [6.07, 6.45) is 0.560. The number of carboxylic acids is 1. The maximum Gasteiger partial charge on any atom is 0.320 e. The molecule has 19 heavy (non-hydrogen) atoms. The number of aryl methyl sites for hydroxylation is 1. The van der Waals surface area contributed by atoms with Gasteiger partial charge in [-0.2, -0.15) is 0 Å². The molecule has 3 heterocycles. The van der Waals surface area contributed by atoms with E-state index in [4.69, 9.17) is 5.11 Å². The van der Waals surface area contributed by atoms with Gasteiger partial charge in [-0.05, 0) is 24.8 Å². The summed E-state index contributed by atoms with van der Waals surface area (Å²) in [6, 6.07) is 1.59. The van der Waals surface area contributed by atoms with Gasteiger partial charge in [-0.3, -0.25) is 4.79 Å². The van der Waals surface area contributed by atoms with E-state index in [2.05, 4.69) is 20.6 Å². The number of hydrogen-bond acceptors (Lipinski definition) is 6. The second-order valence-electron chi connectivity index (χ2n) is 4.63. The maximum atomic E-state index is 10.9. The minimum Gasteiger partial charge on any atom is -0.480 e. The summed E-state index contributed by atoms with van der Waals surface area (Å²) in [6.45, 7) is 2.49. The van der Waals surface area contributed by atoms with Crippen molar-refractivity contribution in [1.82, 2.24) is 15.3 Å². The first kappa shape index (κ1) is 12.3. The van der Waals surface area contributed by atoms with Crippen molar-refractivity contribution in [3.63, 3.8) is 0 Å². The van der Waals surface area contributed by atoms with Gasteiger partial charge in [0.25, 0.3) is 0 Å². The van der Waals surface area contributed by atoms with Crippen molar-refractivity contribution in [2.45, 2.75) is 25.4 Å². The molecule has 3 N–H and O–H groups in total. The highest BCUT2D eigenvalue weighted by Crippen LogP contribution is 2.26. The molecule has 6 nitrogen and oxygen atoms in total. The molecule has 0 aliphatic carbocycles. The summed E-state index contributed by atoms with van der Waals surface area (Å²) >= 11 is 1.58. The first-order chi connectivity index (χ1) is 9.13. The van der Waals surface area contributed by atoms with Crippen LogP contribution in [0.15, 0.2) is 11.4 Å². The Morgan fingerprint density at radius 3 is 3.16 bits per heavy atom. The molecule has 7 heteroatoms. The lowest BCUT2D eigenvalue weighted by atomic mass is 10.1. The molecule has 100 valence electrons. The molecule has 2 aromatic heterocycles. The Morgan fingerprint density at radius 1 is 1.58 bits per heavy atom. The van der Waals surface area contributed by atoms with E-state index in [1.807, 2.05) is 18.4 Å². The zero-order valence-corrected chi connectivity index (χ0v) is 11.2. The topological polar surface area (TPSA) is 87.1 Å². The number of aliphatic carboxylic acids is 1. The highest BCUT2D eigenvalue weighted by atomic mass is 32.1. The third-order valence-electron chi connectivity index (χ3n) is 3.21. The summed E-state index contributed by atoms with van der Waals surface area (Å²) in [5, 5.41) is 18.2. The molecule has 2 atom stereocenters. The van der Waals surface area contributed by atoms with Crippen LogP contribution in [0.4, 0.5) is 5.82 Å². The molecule has 3 rings (SSSR count). The first-order valence-corrected chi connectivity index (χ1v) is 6.96.